The van der Waals surface area contributed by atoms with Crippen molar-refractivity contribution in [1.82, 2.24) is 0 Å². The van der Waals surface area contributed by atoms with E-state index in [0.717, 1.165) is 0 Å². The molecule has 0 saturated heterocycles. The first-order chi connectivity index (χ1) is 3.68. The summed E-state index contributed by atoms with van der Waals surface area (Å²) >= 11 is 3.42. The molecule has 0 aromatic carbocycles. The third-order valence-electron chi connectivity index (χ3n) is 0.135. The molecule has 0 aliphatic rings. The Morgan fingerprint density at radius 3 is 1.78 bits per heavy atom. The van der Waals surface area contributed by atoms with Gasteiger partial charge >= 0.3 is 35.5 Å². The van der Waals surface area contributed by atoms with Crippen molar-refractivity contribution in [1.29, 1.82) is 0 Å². The van der Waals surface area contributed by atoms with E-state index >= 15 is 0 Å². The Labute approximate surface area is 80.0 Å². The minimum atomic E-state index is -0.881. The van der Waals surface area contributed by atoms with Crippen LogP contribution in [0, 0.1) is 0 Å². The molecule has 9 heavy (non-hydrogen) atoms. The number of aliphatic carboxylic acids is 1. The smallest absolute Gasteiger partial charge is 0.665 e. The molecule has 0 spiro atoms. The number of aliphatic hydroxyl groups excluding tert-OH is 1. The molecule has 0 fully saturated rings. The fourth-order valence-corrected chi connectivity index (χ4v) is 0. The van der Waals surface area contributed by atoms with Crippen molar-refractivity contribution < 1.29 is 49.4 Å². The number of rotatable bonds is 1. The van der Waals surface area contributed by atoms with Crippen LogP contribution in [-0.4, -0.2) is 28.4 Å². The molecule has 6 heteroatoms. The maximum atomic E-state index is 9.29. The second-order valence-corrected chi connectivity index (χ2v) is 0.959. The van der Waals surface area contributed by atoms with Crippen LogP contribution >= 0.6 is 12.6 Å². The zero-order chi connectivity index (χ0) is 6.99. The average molecular weight is 160 g/mol. The second kappa shape index (κ2) is 15.7. The van der Waals surface area contributed by atoms with Crippen LogP contribution in [0.2, 0.25) is 0 Å². The molecule has 4 nitrogen and oxygen atoms in total. The van der Waals surface area contributed by atoms with Gasteiger partial charge in [0.25, 0.3) is 0 Å². The molecule has 2 N–H and O–H groups in total. The van der Waals surface area contributed by atoms with Crippen LogP contribution in [0.15, 0.2) is 0 Å². The third kappa shape index (κ3) is 62.5. The van der Waals surface area contributed by atoms with Crippen LogP contribution in [0.4, 0.5) is 0 Å². The van der Waals surface area contributed by atoms with E-state index in [2.05, 4.69) is 12.6 Å². The van der Waals surface area contributed by atoms with E-state index in [1.54, 1.807) is 0 Å². The predicted octanol–water partition coefficient (Wildman–Crippen LogP) is -3.38. The molecule has 0 aromatic heterocycles. The molecule has 0 bridgehead atoms. The molecule has 0 aliphatic heterocycles. The second-order valence-electron chi connectivity index (χ2n) is 0.643. The van der Waals surface area contributed by atoms with Gasteiger partial charge in [0.1, 0.15) is 0 Å². The number of hydrogen-bond donors (Lipinski definition) is 3. The third-order valence-corrected chi connectivity index (χ3v) is 0.406. The van der Waals surface area contributed by atoms with Crippen LogP contribution in [0.5, 0.6) is 0 Å². The number of carboxylic acids is 1. The molecule has 0 amide bonds. The van der Waals surface area contributed by atoms with E-state index in [4.69, 9.17) is 15.0 Å². The molecular formula is C3H5NaO4S. The fourth-order valence-electron chi connectivity index (χ4n) is 0. The van der Waals surface area contributed by atoms with Gasteiger partial charge in [-0.25, -0.2) is 0 Å². The van der Waals surface area contributed by atoms with Crippen molar-refractivity contribution in [2.45, 2.75) is 0 Å². The van der Waals surface area contributed by atoms with Gasteiger partial charge < -0.3 is 15.0 Å². The summed E-state index contributed by atoms with van der Waals surface area (Å²) in [5, 5.41) is 14.4. The summed E-state index contributed by atoms with van der Waals surface area (Å²) in [7, 11) is 0. The number of hydrogen-bond acceptors (Lipinski definition) is 3. The topological polar surface area (TPSA) is 74.6 Å². The monoisotopic (exact) mass is 160 g/mol. The zero-order valence-electron chi connectivity index (χ0n) is 4.87. The Morgan fingerprint density at radius 2 is 1.78 bits per heavy atom. The van der Waals surface area contributed by atoms with Crippen LogP contribution in [0.25, 0.3) is 0 Å². The average Bonchev–Trinajstić information content (AvgIpc) is 1.69. The van der Waals surface area contributed by atoms with Crippen LogP contribution in [0.1, 0.15) is 0 Å². The fraction of sp³-hybridized carbons (Fsp3) is 0.333. The van der Waals surface area contributed by atoms with Crippen molar-refractivity contribution in [3.05, 3.63) is 0 Å². The molecule has 0 aliphatic carbocycles. The summed E-state index contributed by atoms with van der Waals surface area (Å²) in [5.74, 6) is -0.965. The molecule has 0 heterocycles. The summed E-state index contributed by atoms with van der Waals surface area (Å²) < 4.78 is 0. The van der Waals surface area contributed by atoms with Gasteiger partial charge in [-0.3, -0.25) is 4.79 Å². The summed E-state index contributed by atoms with van der Waals surface area (Å²) in [6.07, 6.45) is 0. The van der Waals surface area contributed by atoms with E-state index in [-0.39, 0.29) is 35.3 Å². The van der Waals surface area contributed by atoms with E-state index < -0.39 is 5.97 Å². The number of carbonyl (C=O) groups is 1. The number of thiol groups is 1. The molecule has 48 valence electrons. The van der Waals surface area contributed by atoms with E-state index in [1.165, 1.54) is 0 Å². The van der Waals surface area contributed by atoms with Crippen LogP contribution in [-0.2, 0) is 9.59 Å². The van der Waals surface area contributed by atoms with Gasteiger partial charge in [0.15, 0.2) is 0 Å². The first-order valence-electron chi connectivity index (χ1n) is 1.53. The van der Waals surface area contributed by atoms with Crippen molar-refractivity contribution >= 4 is 25.1 Å². The number of carboxylic acid groups (broad SMARTS) is 1. The summed E-state index contributed by atoms with van der Waals surface area (Å²) in [4.78, 5) is 17.5. The Morgan fingerprint density at radius 1 is 1.67 bits per heavy atom. The minimum absolute atomic E-state index is 0. The van der Waals surface area contributed by atoms with Crippen molar-refractivity contribution in [2.24, 2.45) is 0 Å². The molecular weight excluding hydrogens is 155 g/mol. The molecule has 0 unspecified atom stereocenters. The first kappa shape index (κ1) is 16.1. The van der Waals surface area contributed by atoms with Gasteiger partial charge in [-0.1, -0.05) is 6.47 Å². The summed E-state index contributed by atoms with van der Waals surface area (Å²) in [6, 6.07) is 0. The van der Waals surface area contributed by atoms with Gasteiger partial charge in [-0.2, -0.15) is 12.6 Å². The van der Waals surface area contributed by atoms with Gasteiger partial charge in [0.2, 0.25) is 0 Å². The van der Waals surface area contributed by atoms with Crippen molar-refractivity contribution in [3.63, 3.8) is 0 Å². The largest absolute Gasteiger partial charge is 1.00 e. The van der Waals surface area contributed by atoms with E-state index in [1.807, 2.05) is 0 Å². The quantitative estimate of drug-likeness (QED) is 0.212. The van der Waals surface area contributed by atoms with E-state index in [9.17, 15) is 4.79 Å². The maximum absolute atomic E-state index is 9.29. The van der Waals surface area contributed by atoms with Crippen LogP contribution in [0.3, 0.4) is 0 Å². The molecule has 0 rings (SSSR count). The van der Waals surface area contributed by atoms with Crippen molar-refractivity contribution in [2.75, 3.05) is 5.75 Å². The summed E-state index contributed by atoms with van der Waals surface area (Å²) in [6.45, 7) is 0.500. The Bertz CT molecular complexity index is 76.2. The van der Waals surface area contributed by atoms with E-state index in [0.29, 0.717) is 6.47 Å². The predicted molar refractivity (Wildman–Crippen MR) is 29.8 cm³/mol. The van der Waals surface area contributed by atoms with Crippen LogP contribution < -0.4 is 29.6 Å². The Kier molecular flexibility index (Phi) is 28.2. The van der Waals surface area contributed by atoms with Gasteiger partial charge in [0.05, 0.1) is 5.75 Å². The van der Waals surface area contributed by atoms with Crippen molar-refractivity contribution in [3.8, 4) is 0 Å². The maximum Gasteiger partial charge on any atom is 1.00 e. The van der Waals surface area contributed by atoms with Gasteiger partial charge in [0, 0.05) is 0 Å². The molecule has 0 radical (unpaired) electrons. The molecule has 0 saturated carbocycles. The normalized spacial score (nSPS) is 5.44. The van der Waals surface area contributed by atoms with Gasteiger partial charge in [-0.05, 0) is 0 Å². The molecule has 0 atom stereocenters. The Balaban J connectivity index is -0.0000000800. The first-order valence-corrected chi connectivity index (χ1v) is 2.16. The standard InChI is InChI=1S/C2H4O2S.CHO2.Na/c3-2(4)1-5;2-1-3;/h5H,1H2,(H,3,4);(H,2,3);/q;-1;+1. The molecule has 0 aromatic rings. The Hall–Kier alpha value is 0.290. The minimum Gasteiger partial charge on any atom is -0.665 e. The van der Waals surface area contributed by atoms with Gasteiger partial charge in [-0.15, -0.1) is 0 Å². The summed E-state index contributed by atoms with van der Waals surface area (Å²) in [5.41, 5.74) is 0. The zero-order valence-corrected chi connectivity index (χ0v) is 7.76. The SMILES string of the molecule is O=C(O)CS.O=[C-]O.[Na+].